The Labute approximate surface area is 119 Å². The molecule has 4 heteroatoms. The molecule has 3 nitrogen and oxygen atoms in total. The van der Waals surface area contributed by atoms with Crippen molar-refractivity contribution in [2.24, 2.45) is 0 Å². The van der Waals surface area contributed by atoms with Crippen LogP contribution in [0.1, 0.15) is 31.7 Å². The summed E-state index contributed by atoms with van der Waals surface area (Å²) < 4.78 is 24.2. The van der Waals surface area contributed by atoms with Crippen molar-refractivity contribution in [3.05, 3.63) is 29.6 Å². The number of aliphatic hydroxyl groups excluding tert-OH is 1. The average molecular weight is 280 g/mol. The van der Waals surface area contributed by atoms with Crippen LogP contribution in [0.4, 0.5) is 4.39 Å². The average Bonchev–Trinajstić information content (AvgIpc) is 2.46. The smallest absolute Gasteiger partial charge is 0.165 e. The van der Waals surface area contributed by atoms with Gasteiger partial charge < -0.3 is 14.6 Å². The number of halogens is 1. The van der Waals surface area contributed by atoms with Crippen LogP contribution in [0.2, 0.25) is 0 Å². The van der Waals surface area contributed by atoms with Gasteiger partial charge in [0.25, 0.3) is 0 Å². The Hall–Kier alpha value is -1.57. The molecule has 0 aliphatic heterocycles. The molecule has 1 rings (SSSR count). The van der Waals surface area contributed by atoms with Gasteiger partial charge in [0.2, 0.25) is 0 Å². The second-order valence-corrected chi connectivity index (χ2v) is 4.23. The zero-order valence-electron chi connectivity index (χ0n) is 11.8. The van der Waals surface area contributed by atoms with Gasteiger partial charge in [-0.1, -0.05) is 25.2 Å². The lowest BCUT2D eigenvalue weighted by Crippen LogP contribution is -2.08. The molecule has 0 saturated heterocycles. The van der Waals surface area contributed by atoms with E-state index in [0.717, 1.165) is 12.8 Å². The van der Waals surface area contributed by atoms with Crippen molar-refractivity contribution in [2.45, 2.75) is 26.2 Å². The number of aliphatic hydroxyl groups is 1. The van der Waals surface area contributed by atoms with E-state index in [2.05, 4.69) is 18.8 Å². The summed E-state index contributed by atoms with van der Waals surface area (Å²) in [5.74, 6) is 5.40. The fraction of sp³-hybridized carbons (Fsp3) is 0.500. The maximum Gasteiger partial charge on any atom is 0.165 e. The van der Waals surface area contributed by atoms with Gasteiger partial charge in [0.1, 0.15) is 6.61 Å². The quantitative estimate of drug-likeness (QED) is 0.588. The Kier molecular flexibility index (Phi) is 8.44. The van der Waals surface area contributed by atoms with Gasteiger partial charge >= 0.3 is 0 Å². The maximum atomic E-state index is 13.5. The highest BCUT2D eigenvalue weighted by atomic mass is 19.1. The minimum absolute atomic E-state index is 0.0205. The van der Waals surface area contributed by atoms with Crippen LogP contribution >= 0.6 is 0 Å². The Morgan fingerprint density at radius 2 is 2.10 bits per heavy atom. The van der Waals surface area contributed by atoms with Gasteiger partial charge in [-0.25, -0.2) is 4.39 Å². The lowest BCUT2D eigenvalue weighted by molar-refractivity contribution is 0.0967. The molecule has 1 aromatic carbocycles. The normalized spacial score (nSPS) is 9.95. The molecule has 0 fully saturated rings. The van der Waals surface area contributed by atoms with Crippen molar-refractivity contribution in [3.8, 4) is 17.6 Å². The fourth-order valence-electron chi connectivity index (χ4n) is 1.47. The third-order valence-electron chi connectivity index (χ3n) is 2.53. The number of ether oxygens (including phenoxy) is 2. The molecule has 1 aromatic rings. The van der Waals surface area contributed by atoms with Crippen LogP contribution in [0, 0.1) is 17.7 Å². The molecule has 0 atom stereocenters. The molecule has 0 bridgehead atoms. The van der Waals surface area contributed by atoms with E-state index in [4.69, 9.17) is 14.6 Å². The number of benzene rings is 1. The molecule has 110 valence electrons. The van der Waals surface area contributed by atoms with E-state index in [9.17, 15) is 4.39 Å². The van der Waals surface area contributed by atoms with Crippen LogP contribution in [-0.4, -0.2) is 31.5 Å². The van der Waals surface area contributed by atoms with E-state index in [1.807, 2.05) is 0 Å². The van der Waals surface area contributed by atoms with Crippen LogP contribution in [-0.2, 0) is 4.74 Å². The maximum absolute atomic E-state index is 13.5. The SMILES string of the molecule is CCCCOCCOc1cc(C#CCCO)ccc1F. The summed E-state index contributed by atoms with van der Waals surface area (Å²) in [6.45, 7) is 3.58. The van der Waals surface area contributed by atoms with Crippen molar-refractivity contribution in [2.75, 3.05) is 26.4 Å². The molecule has 0 saturated carbocycles. The molecule has 0 aromatic heterocycles. The van der Waals surface area contributed by atoms with E-state index in [1.165, 1.54) is 6.07 Å². The summed E-state index contributed by atoms with van der Waals surface area (Å²) in [7, 11) is 0. The van der Waals surface area contributed by atoms with Crippen LogP contribution in [0.5, 0.6) is 5.75 Å². The Morgan fingerprint density at radius 3 is 2.85 bits per heavy atom. The summed E-state index contributed by atoms with van der Waals surface area (Å²) >= 11 is 0. The van der Waals surface area contributed by atoms with Gasteiger partial charge in [-0.15, -0.1) is 0 Å². The Balaban J connectivity index is 2.44. The summed E-state index contributed by atoms with van der Waals surface area (Å²) in [4.78, 5) is 0. The molecule has 0 aliphatic carbocycles. The highest BCUT2D eigenvalue weighted by molar-refractivity contribution is 5.40. The summed E-state index contributed by atoms with van der Waals surface area (Å²) in [6.07, 6.45) is 2.51. The van der Waals surface area contributed by atoms with Crippen LogP contribution in [0.3, 0.4) is 0 Å². The van der Waals surface area contributed by atoms with Crippen molar-refractivity contribution < 1.29 is 19.0 Å². The molecular formula is C16H21FO3. The van der Waals surface area contributed by atoms with Gasteiger partial charge in [-0.2, -0.15) is 0 Å². The number of hydrogen-bond donors (Lipinski definition) is 1. The lowest BCUT2D eigenvalue weighted by atomic mass is 10.2. The number of hydrogen-bond acceptors (Lipinski definition) is 3. The molecule has 0 heterocycles. The first-order chi connectivity index (χ1) is 9.77. The monoisotopic (exact) mass is 280 g/mol. The second-order valence-electron chi connectivity index (χ2n) is 4.23. The minimum Gasteiger partial charge on any atom is -0.488 e. The second kappa shape index (κ2) is 10.2. The van der Waals surface area contributed by atoms with Gasteiger partial charge in [0.05, 0.1) is 13.2 Å². The Bertz CT molecular complexity index is 449. The highest BCUT2D eigenvalue weighted by Gasteiger charge is 2.03. The summed E-state index contributed by atoms with van der Waals surface area (Å²) in [5, 5.41) is 8.65. The van der Waals surface area contributed by atoms with Crippen molar-refractivity contribution in [3.63, 3.8) is 0 Å². The third-order valence-corrected chi connectivity index (χ3v) is 2.53. The van der Waals surface area contributed by atoms with E-state index >= 15 is 0 Å². The van der Waals surface area contributed by atoms with Gasteiger partial charge in [-0.3, -0.25) is 0 Å². The summed E-state index contributed by atoms with van der Waals surface area (Å²) in [6, 6.07) is 4.48. The summed E-state index contributed by atoms with van der Waals surface area (Å²) in [5.41, 5.74) is 0.668. The van der Waals surface area contributed by atoms with E-state index < -0.39 is 5.82 Å². The molecular weight excluding hydrogens is 259 g/mol. The van der Waals surface area contributed by atoms with Crippen LogP contribution in [0.15, 0.2) is 18.2 Å². The van der Waals surface area contributed by atoms with Crippen LogP contribution < -0.4 is 4.74 Å². The number of rotatable bonds is 8. The van der Waals surface area contributed by atoms with E-state index in [0.29, 0.717) is 31.8 Å². The molecule has 0 spiro atoms. The Morgan fingerprint density at radius 1 is 1.25 bits per heavy atom. The highest BCUT2D eigenvalue weighted by Crippen LogP contribution is 2.18. The van der Waals surface area contributed by atoms with Crippen molar-refractivity contribution >= 4 is 0 Å². The predicted octanol–water partition coefficient (Wildman–Crippen LogP) is 2.76. The minimum atomic E-state index is -0.411. The molecule has 0 unspecified atom stereocenters. The largest absolute Gasteiger partial charge is 0.488 e. The molecule has 20 heavy (non-hydrogen) atoms. The molecule has 1 N–H and O–H groups in total. The zero-order valence-corrected chi connectivity index (χ0v) is 11.8. The zero-order chi connectivity index (χ0) is 14.6. The fourth-order valence-corrected chi connectivity index (χ4v) is 1.47. The topological polar surface area (TPSA) is 38.7 Å². The third kappa shape index (κ3) is 6.55. The standard InChI is InChI=1S/C16H21FO3/c1-2-3-10-19-11-12-20-16-13-14(6-4-5-9-18)7-8-15(16)17/h7-8,13,18H,2-3,5,9-12H2,1H3. The van der Waals surface area contributed by atoms with E-state index in [1.54, 1.807) is 12.1 Å². The lowest BCUT2D eigenvalue weighted by Gasteiger charge is -2.08. The first kappa shape index (κ1) is 16.5. The van der Waals surface area contributed by atoms with Crippen molar-refractivity contribution in [1.82, 2.24) is 0 Å². The number of unbranched alkanes of at least 4 members (excludes halogenated alkanes) is 1. The van der Waals surface area contributed by atoms with E-state index in [-0.39, 0.29) is 12.4 Å². The van der Waals surface area contributed by atoms with Gasteiger partial charge in [0.15, 0.2) is 11.6 Å². The molecule has 0 aliphatic rings. The molecule has 0 amide bonds. The van der Waals surface area contributed by atoms with Crippen LogP contribution in [0.25, 0.3) is 0 Å². The first-order valence-corrected chi connectivity index (χ1v) is 6.87. The van der Waals surface area contributed by atoms with Gasteiger partial charge in [-0.05, 0) is 24.6 Å². The van der Waals surface area contributed by atoms with Crippen molar-refractivity contribution in [1.29, 1.82) is 0 Å². The first-order valence-electron chi connectivity index (χ1n) is 6.87. The predicted molar refractivity (Wildman–Crippen MR) is 76.2 cm³/mol. The van der Waals surface area contributed by atoms with Gasteiger partial charge in [0, 0.05) is 18.6 Å². The molecule has 0 radical (unpaired) electrons.